The number of hydrogen-bond donors (Lipinski definition) is 3. The molecule has 3 rings (SSSR count). The van der Waals surface area contributed by atoms with Crippen molar-refractivity contribution in [3.63, 3.8) is 0 Å². The van der Waals surface area contributed by atoms with E-state index in [4.69, 9.17) is 5.11 Å². The molecule has 0 saturated heterocycles. The number of benzene rings is 2. The number of carboxylic acids is 1. The molecule has 0 aliphatic rings. The first-order valence-corrected chi connectivity index (χ1v) is 11.0. The van der Waals surface area contributed by atoms with E-state index in [1.54, 1.807) is 0 Å². The second-order valence-corrected chi connectivity index (χ2v) is 9.26. The first-order chi connectivity index (χ1) is 15.0. The predicted octanol–water partition coefficient (Wildman–Crippen LogP) is 2.09. The van der Waals surface area contributed by atoms with E-state index in [-0.39, 0.29) is 21.5 Å². The number of aliphatic carboxylic acids is 1. The van der Waals surface area contributed by atoms with E-state index in [9.17, 15) is 31.9 Å². The van der Waals surface area contributed by atoms with Crippen LogP contribution in [0.3, 0.4) is 0 Å². The van der Waals surface area contributed by atoms with Crippen LogP contribution >= 0.6 is 0 Å². The van der Waals surface area contributed by atoms with Gasteiger partial charge in [-0.25, -0.2) is 17.2 Å². The number of carbonyl (C=O) groups is 2. The van der Waals surface area contributed by atoms with Gasteiger partial charge in [0.05, 0.1) is 23.1 Å². The summed E-state index contributed by atoms with van der Waals surface area (Å²) in [6.45, 7) is 0.881. The van der Waals surface area contributed by atoms with Gasteiger partial charge in [-0.05, 0) is 42.3 Å². The van der Waals surface area contributed by atoms with E-state index >= 15 is 0 Å². The van der Waals surface area contributed by atoms with Crippen LogP contribution in [-0.2, 0) is 21.7 Å². The highest BCUT2D eigenvalue weighted by molar-refractivity contribution is 7.92. The monoisotopic (exact) mass is 466 g/mol. The van der Waals surface area contributed by atoms with Crippen LogP contribution in [0.5, 0.6) is 0 Å². The predicted molar refractivity (Wildman–Crippen MR) is 111 cm³/mol. The Kier molecular flexibility index (Phi) is 6.33. The van der Waals surface area contributed by atoms with E-state index in [1.807, 2.05) is 0 Å². The van der Waals surface area contributed by atoms with E-state index in [0.717, 1.165) is 0 Å². The van der Waals surface area contributed by atoms with Gasteiger partial charge in [0.25, 0.3) is 5.91 Å². The van der Waals surface area contributed by atoms with Gasteiger partial charge < -0.3 is 20.1 Å². The Morgan fingerprint density at radius 3 is 2.31 bits per heavy atom. The number of hydrogen-bond acceptors (Lipinski definition) is 5. The van der Waals surface area contributed by atoms with Crippen LogP contribution in [-0.4, -0.2) is 47.4 Å². The SMILES string of the molecule is Cc1cc2c(cc(C(=O)NC(CO)c3ccc(S(=O)(=O)CC(=O)O)cc3)n2C)c(F)c1F. The zero-order chi connectivity index (χ0) is 23.8. The number of nitrogens with one attached hydrogen (secondary N) is 1. The molecule has 32 heavy (non-hydrogen) atoms. The van der Waals surface area contributed by atoms with Crippen molar-refractivity contribution >= 4 is 32.6 Å². The third-order valence-electron chi connectivity index (χ3n) is 5.08. The molecule has 0 aliphatic carbocycles. The maximum atomic E-state index is 14.3. The molecule has 1 atom stereocenters. The number of aliphatic hydroxyl groups is 1. The zero-order valence-corrected chi connectivity index (χ0v) is 17.9. The first-order valence-electron chi connectivity index (χ1n) is 9.36. The Bertz CT molecular complexity index is 1320. The number of amides is 1. The number of nitrogens with zero attached hydrogens (tertiary/aromatic N) is 1. The molecule has 1 heterocycles. The van der Waals surface area contributed by atoms with Crippen LogP contribution in [0.25, 0.3) is 10.9 Å². The molecule has 0 bridgehead atoms. The van der Waals surface area contributed by atoms with Gasteiger partial charge in [0.2, 0.25) is 0 Å². The van der Waals surface area contributed by atoms with Gasteiger partial charge in [0.15, 0.2) is 27.2 Å². The molecule has 170 valence electrons. The number of carboxylic acid groups (broad SMARTS) is 1. The summed E-state index contributed by atoms with van der Waals surface area (Å²) in [5.74, 6) is -5.28. The minimum atomic E-state index is -4.03. The Labute approximate surface area is 182 Å². The zero-order valence-electron chi connectivity index (χ0n) is 17.1. The van der Waals surface area contributed by atoms with Crippen molar-refractivity contribution in [2.45, 2.75) is 17.9 Å². The molecule has 0 radical (unpaired) electrons. The molecule has 1 amide bonds. The van der Waals surface area contributed by atoms with Crippen molar-refractivity contribution < 1.29 is 37.0 Å². The maximum absolute atomic E-state index is 14.3. The van der Waals surface area contributed by atoms with Crippen LogP contribution in [0.15, 0.2) is 41.3 Å². The Balaban J connectivity index is 1.88. The molecule has 0 fully saturated rings. The van der Waals surface area contributed by atoms with Crippen LogP contribution in [0.4, 0.5) is 8.78 Å². The number of aromatic nitrogens is 1. The summed E-state index contributed by atoms with van der Waals surface area (Å²) in [5, 5.41) is 20.9. The second-order valence-electron chi connectivity index (χ2n) is 7.27. The summed E-state index contributed by atoms with van der Waals surface area (Å²) in [6, 6.07) is 6.74. The van der Waals surface area contributed by atoms with Gasteiger partial charge in [0.1, 0.15) is 5.69 Å². The molecule has 1 aromatic heterocycles. The summed E-state index contributed by atoms with van der Waals surface area (Å²) in [4.78, 5) is 23.3. The van der Waals surface area contributed by atoms with Crippen LogP contribution in [0.1, 0.15) is 27.7 Å². The smallest absolute Gasteiger partial charge is 0.319 e. The fraction of sp³-hybridized carbons (Fsp3) is 0.238. The standard InChI is InChI=1S/C21H20F2N2O6S/c1-11-7-16-14(20(23)19(11)22)8-17(25(16)2)21(29)24-15(9-26)12-3-5-13(6-4-12)32(30,31)10-18(27)28/h3-8,15,26H,9-10H2,1-2H3,(H,24,29)(H,27,28). The van der Waals surface area contributed by atoms with Gasteiger partial charge in [-0.2, -0.15) is 0 Å². The summed E-state index contributed by atoms with van der Waals surface area (Å²) >= 11 is 0. The fourth-order valence-electron chi connectivity index (χ4n) is 3.37. The number of aliphatic hydroxyl groups excluding tert-OH is 1. The lowest BCUT2D eigenvalue weighted by Gasteiger charge is -2.17. The number of carbonyl (C=O) groups excluding carboxylic acids is 1. The average Bonchev–Trinajstić information content (AvgIpc) is 3.06. The molecule has 0 spiro atoms. The second kappa shape index (κ2) is 8.67. The Morgan fingerprint density at radius 2 is 1.75 bits per heavy atom. The number of sulfone groups is 1. The average molecular weight is 466 g/mol. The highest BCUT2D eigenvalue weighted by Crippen LogP contribution is 2.27. The number of halogens is 2. The molecule has 0 saturated carbocycles. The van der Waals surface area contributed by atoms with Crippen molar-refractivity contribution in [1.82, 2.24) is 9.88 Å². The molecule has 3 aromatic rings. The summed E-state index contributed by atoms with van der Waals surface area (Å²) < 4.78 is 53.5. The molecule has 2 aromatic carbocycles. The van der Waals surface area contributed by atoms with Gasteiger partial charge in [-0.15, -0.1) is 0 Å². The summed E-state index contributed by atoms with van der Waals surface area (Å²) in [5.41, 5.74) is 0.805. The largest absolute Gasteiger partial charge is 0.480 e. The van der Waals surface area contributed by atoms with Crippen LogP contribution in [0.2, 0.25) is 0 Å². The topological polar surface area (TPSA) is 126 Å². The van der Waals surface area contributed by atoms with Gasteiger partial charge in [-0.1, -0.05) is 12.1 Å². The van der Waals surface area contributed by atoms with Crippen molar-refractivity contribution in [2.75, 3.05) is 12.4 Å². The molecular weight excluding hydrogens is 446 g/mol. The summed E-state index contributed by atoms with van der Waals surface area (Å²) in [6.07, 6.45) is 0. The number of aryl methyl sites for hydroxylation is 2. The molecule has 0 aliphatic heterocycles. The maximum Gasteiger partial charge on any atom is 0.319 e. The lowest BCUT2D eigenvalue weighted by molar-refractivity contribution is -0.134. The van der Waals surface area contributed by atoms with E-state index in [1.165, 1.54) is 54.9 Å². The molecule has 1 unspecified atom stereocenters. The third-order valence-corrected chi connectivity index (χ3v) is 6.70. The van der Waals surface area contributed by atoms with Crippen molar-refractivity contribution in [3.05, 3.63) is 64.9 Å². The molecular formula is C21H20F2N2O6S. The van der Waals surface area contributed by atoms with E-state index in [2.05, 4.69) is 5.32 Å². The first kappa shape index (κ1) is 23.4. The van der Waals surface area contributed by atoms with E-state index in [0.29, 0.717) is 11.1 Å². The number of rotatable bonds is 7. The summed E-state index contributed by atoms with van der Waals surface area (Å²) in [7, 11) is -2.51. The van der Waals surface area contributed by atoms with Crippen LogP contribution in [0, 0.1) is 18.6 Å². The van der Waals surface area contributed by atoms with E-state index < -0.39 is 51.7 Å². The van der Waals surface area contributed by atoms with Crippen molar-refractivity contribution in [3.8, 4) is 0 Å². The normalized spacial score (nSPS) is 12.7. The van der Waals surface area contributed by atoms with Crippen molar-refractivity contribution in [2.24, 2.45) is 7.05 Å². The van der Waals surface area contributed by atoms with Crippen molar-refractivity contribution in [1.29, 1.82) is 0 Å². The molecule has 11 heteroatoms. The Hall–Kier alpha value is -3.31. The number of fused-ring (bicyclic) bond motifs is 1. The highest BCUT2D eigenvalue weighted by Gasteiger charge is 2.23. The minimum Gasteiger partial charge on any atom is -0.480 e. The van der Waals surface area contributed by atoms with Gasteiger partial charge >= 0.3 is 5.97 Å². The Morgan fingerprint density at radius 1 is 1.12 bits per heavy atom. The lowest BCUT2D eigenvalue weighted by atomic mass is 10.1. The quantitative estimate of drug-likeness (QED) is 0.490. The lowest BCUT2D eigenvalue weighted by Crippen LogP contribution is -2.32. The van der Waals surface area contributed by atoms with Gasteiger partial charge in [0, 0.05) is 12.4 Å². The minimum absolute atomic E-state index is 0.0306. The molecule has 8 nitrogen and oxygen atoms in total. The highest BCUT2D eigenvalue weighted by atomic mass is 32.2. The van der Waals surface area contributed by atoms with Crippen LogP contribution < -0.4 is 5.32 Å². The third kappa shape index (κ3) is 4.34. The van der Waals surface area contributed by atoms with Gasteiger partial charge in [-0.3, -0.25) is 9.59 Å². The fourth-order valence-corrected chi connectivity index (χ4v) is 4.41. The molecule has 3 N–H and O–H groups in total.